The van der Waals surface area contributed by atoms with Crippen LogP contribution in [0.15, 0.2) is 16.6 Å². The number of hydrogen-bond donors (Lipinski definition) is 2. The summed E-state index contributed by atoms with van der Waals surface area (Å²) in [4.78, 5) is 0. The fourth-order valence-electron chi connectivity index (χ4n) is 1.26. The first kappa shape index (κ1) is 10.5. The van der Waals surface area contributed by atoms with Crippen LogP contribution in [0, 0.1) is 6.92 Å². The zero-order chi connectivity index (χ0) is 10.0. The normalized spacial score (nSPS) is 12.9. The Kier molecular flexibility index (Phi) is 3.33. The van der Waals surface area contributed by atoms with Crippen molar-refractivity contribution in [2.75, 3.05) is 0 Å². The maximum Gasteiger partial charge on any atom is 0.134 e. The van der Waals surface area contributed by atoms with Crippen molar-refractivity contribution in [3.8, 4) is 5.75 Å². The minimum atomic E-state index is -0.0869. The van der Waals surface area contributed by atoms with Crippen LogP contribution >= 0.6 is 15.9 Å². The Morgan fingerprint density at radius 2 is 2.15 bits per heavy atom. The highest BCUT2D eigenvalue weighted by molar-refractivity contribution is 9.10. The first-order chi connectivity index (χ1) is 6.06. The van der Waals surface area contributed by atoms with E-state index in [-0.39, 0.29) is 11.8 Å². The van der Waals surface area contributed by atoms with Crippen molar-refractivity contribution < 1.29 is 5.11 Å². The summed E-state index contributed by atoms with van der Waals surface area (Å²) in [5.41, 5.74) is 7.77. The summed E-state index contributed by atoms with van der Waals surface area (Å²) < 4.78 is 0.714. The van der Waals surface area contributed by atoms with E-state index in [2.05, 4.69) is 15.9 Å². The van der Waals surface area contributed by atoms with Gasteiger partial charge in [-0.05, 0) is 40.9 Å². The number of phenolic OH excluding ortho intramolecular Hbond substituents is 1. The number of rotatable bonds is 2. The quantitative estimate of drug-likeness (QED) is 0.840. The molecule has 2 nitrogen and oxygen atoms in total. The first-order valence-electron chi connectivity index (χ1n) is 4.30. The molecule has 1 unspecified atom stereocenters. The number of aromatic hydroxyl groups is 1. The van der Waals surface area contributed by atoms with Gasteiger partial charge in [-0.25, -0.2) is 0 Å². The van der Waals surface area contributed by atoms with Gasteiger partial charge in [0.05, 0.1) is 4.47 Å². The number of benzene rings is 1. The molecule has 0 spiro atoms. The van der Waals surface area contributed by atoms with Gasteiger partial charge in [0.15, 0.2) is 0 Å². The van der Waals surface area contributed by atoms with Crippen molar-refractivity contribution in [1.82, 2.24) is 0 Å². The number of hydrogen-bond acceptors (Lipinski definition) is 2. The van der Waals surface area contributed by atoms with E-state index in [1.165, 1.54) is 0 Å². The molecule has 72 valence electrons. The Morgan fingerprint density at radius 1 is 1.54 bits per heavy atom. The van der Waals surface area contributed by atoms with Gasteiger partial charge < -0.3 is 10.8 Å². The van der Waals surface area contributed by atoms with E-state index in [0.717, 1.165) is 17.5 Å². The number of aryl methyl sites for hydroxylation is 1. The molecule has 0 aliphatic rings. The summed E-state index contributed by atoms with van der Waals surface area (Å²) in [7, 11) is 0. The first-order valence-corrected chi connectivity index (χ1v) is 5.10. The monoisotopic (exact) mass is 243 g/mol. The Bertz CT molecular complexity index is 312. The average Bonchev–Trinajstić information content (AvgIpc) is 2.10. The van der Waals surface area contributed by atoms with E-state index in [0.29, 0.717) is 4.47 Å². The third kappa shape index (κ3) is 2.23. The van der Waals surface area contributed by atoms with Crippen molar-refractivity contribution in [2.45, 2.75) is 26.3 Å². The van der Waals surface area contributed by atoms with E-state index in [4.69, 9.17) is 5.73 Å². The van der Waals surface area contributed by atoms with E-state index < -0.39 is 0 Å². The minimum absolute atomic E-state index is 0.0869. The van der Waals surface area contributed by atoms with Gasteiger partial charge in [-0.3, -0.25) is 0 Å². The molecule has 3 N–H and O–H groups in total. The minimum Gasteiger partial charge on any atom is -0.506 e. The molecule has 0 saturated carbocycles. The van der Waals surface area contributed by atoms with Crippen molar-refractivity contribution in [1.29, 1.82) is 0 Å². The molecule has 0 heterocycles. The lowest BCUT2D eigenvalue weighted by molar-refractivity contribution is 0.456. The fourth-order valence-corrected chi connectivity index (χ4v) is 1.85. The van der Waals surface area contributed by atoms with Crippen LogP contribution in [0.2, 0.25) is 0 Å². The maximum absolute atomic E-state index is 9.70. The van der Waals surface area contributed by atoms with E-state index >= 15 is 0 Å². The largest absolute Gasteiger partial charge is 0.506 e. The third-order valence-corrected chi connectivity index (χ3v) is 2.68. The van der Waals surface area contributed by atoms with Crippen LogP contribution in [0.4, 0.5) is 0 Å². The zero-order valence-corrected chi connectivity index (χ0v) is 9.43. The number of halogens is 1. The number of phenols is 1. The van der Waals surface area contributed by atoms with Crippen LogP contribution in [0.3, 0.4) is 0 Å². The molecule has 1 aromatic carbocycles. The SMILES string of the molecule is CCC(N)c1cc(C)cc(Br)c1O. The van der Waals surface area contributed by atoms with Crippen molar-refractivity contribution in [3.05, 3.63) is 27.7 Å². The molecule has 0 aliphatic heterocycles. The summed E-state index contributed by atoms with van der Waals surface area (Å²) in [6.07, 6.45) is 0.823. The molecule has 0 bridgehead atoms. The second-order valence-electron chi connectivity index (χ2n) is 3.20. The summed E-state index contributed by atoms with van der Waals surface area (Å²) in [5, 5.41) is 9.70. The molecular weight excluding hydrogens is 230 g/mol. The van der Waals surface area contributed by atoms with E-state index in [1.807, 2.05) is 26.0 Å². The van der Waals surface area contributed by atoms with Crippen LogP contribution in [-0.4, -0.2) is 5.11 Å². The molecule has 0 fully saturated rings. The average molecular weight is 244 g/mol. The zero-order valence-electron chi connectivity index (χ0n) is 7.84. The molecule has 0 aromatic heterocycles. The van der Waals surface area contributed by atoms with Gasteiger partial charge in [0.25, 0.3) is 0 Å². The predicted molar refractivity (Wildman–Crippen MR) is 57.8 cm³/mol. The van der Waals surface area contributed by atoms with Crippen LogP contribution < -0.4 is 5.73 Å². The van der Waals surface area contributed by atoms with Gasteiger partial charge in [-0.15, -0.1) is 0 Å². The molecule has 0 radical (unpaired) electrons. The Morgan fingerprint density at radius 3 is 2.69 bits per heavy atom. The summed E-state index contributed by atoms with van der Waals surface area (Å²) in [6.45, 7) is 3.98. The second-order valence-corrected chi connectivity index (χ2v) is 4.05. The van der Waals surface area contributed by atoms with Gasteiger partial charge in [0.2, 0.25) is 0 Å². The molecule has 0 saturated heterocycles. The summed E-state index contributed by atoms with van der Waals surface area (Å²) >= 11 is 3.29. The standard InChI is InChI=1S/C10H14BrNO/c1-3-9(12)7-4-6(2)5-8(11)10(7)13/h4-5,9,13H,3,12H2,1-2H3. The van der Waals surface area contributed by atoms with Gasteiger partial charge in [0.1, 0.15) is 5.75 Å². The van der Waals surface area contributed by atoms with Crippen LogP contribution in [-0.2, 0) is 0 Å². The molecule has 0 amide bonds. The Balaban J connectivity index is 3.20. The summed E-state index contributed by atoms with van der Waals surface area (Å²) in [5.74, 6) is 0.264. The Hall–Kier alpha value is -0.540. The molecule has 1 atom stereocenters. The molecule has 13 heavy (non-hydrogen) atoms. The fraction of sp³-hybridized carbons (Fsp3) is 0.400. The van der Waals surface area contributed by atoms with Gasteiger partial charge >= 0.3 is 0 Å². The van der Waals surface area contributed by atoms with Crippen LogP contribution in [0.5, 0.6) is 5.75 Å². The molecule has 1 rings (SSSR count). The molecular formula is C10H14BrNO. The van der Waals surface area contributed by atoms with Gasteiger partial charge in [0, 0.05) is 11.6 Å². The van der Waals surface area contributed by atoms with Crippen LogP contribution in [0.1, 0.15) is 30.5 Å². The molecule has 1 aromatic rings. The highest BCUT2D eigenvalue weighted by Crippen LogP contribution is 2.33. The van der Waals surface area contributed by atoms with Crippen molar-refractivity contribution in [3.63, 3.8) is 0 Å². The second kappa shape index (κ2) is 4.11. The predicted octanol–water partition coefficient (Wildman–Crippen LogP) is 2.87. The van der Waals surface area contributed by atoms with Crippen LogP contribution in [0.25, 0.3) is 0 Å². The highest BCUT2D eigenvalue weighted by Gasteiger charge is 2.11. The lowest BCUT2D eigenvalue weighted by atomic mass is 10.0. The molecule has 3 heteroatoms. The Labute approximate surface area is 86.9 Å². The lowest BCUT2D eigenvalue weighted by Gasteiger charge is -2.13. The van der Waals surface area contributed by atoms with Gasteiger partial charge in [-0.1, -0.05) is 13.0 Å². The lowest BCUT2D eigenvalue weighted by Crippen LogP contribution is -2.09. The van der Waals surface area contributed by atoms with E-state index in [9.17, 15) is 5.11 Å². The number of nitrogens with two attached hydrogens (primary N) is 1. The topological polar surface area (TPSA) is 46.2 Å². The van der Waals surface area contributed by atoms with Gasteiger partial charge in [-0.2, -0.15) is 0 Å². The van der Waals surface area contributed by atoms with Crippen molar-refractivity contribution >= 4 is 15.9 Å². The van der Waals surface area contributed by atoms with Crippen molar-refractivity contribution in [2.24, 2.45) is 5.73 Å². The molecule has 0 aliphatic carbocycles. The summed E-state index contributed by atoms with van der Waals surface area (Å²) in [6, 6.07) is 3.71. The smallest absolute Gasteiger partial charge is 0.134 e. The van der Waals surface area contributed by atoms with E-state index in [1.54, 1.807) is 0 Å². The maximum atomic E-state index is 9.70. The third-order valence-electron chi connectivity index (χ3n) is 2.08. The highest BCUT2D eigenvalue weighted by atomic mass is 79.9.